The number of allylic oxidation sites excluding steroid dienone is 1. The lowest BCUT2D eigenvalue weighted by Gasteiger charge is -2.16. The predicted molar refractivity (Wildman–Crippen MR) is 197 cm³/mol. The second-order valence-corrected chi connectivity index (χ2v) is 13.1. The molecule has 3 unspecified atom stereocenters. The van der Waals surface area contributed by atoms with E-state index in [1.165, 1.54) is 18.5 Å². The summed E-state index contributed by atoms with van der Waals surface area (Å²) in [5.41, 5.74) is 10.7. The lowest BCUT2D eigenvalue weighted by molar-refractivity contribution is -0.125. The largest absolute Gasteiger partial charge is 0.298 e. The van der Waals surface area contributed by atoms with Crippen LogP contribution in [0.25, 0.3) is 0 Å². The van der Waals surface area contributed by atoms with Crippen LogP contribution in [0.2, 0.25) is 0 Å². The molecule has 0 aliphatic heterocycles. The Labute approximate surface area is 296 Å². The first kappa shape index (κ1) is 39.5. The molecule has 262 valence electrons. The molecule has 2 aliphatic rings. The first-order valence-corrected chi connectivity index (χ1v) is 17.1. The number of carbonyl (C=O) groups excluding carboxylic acids is 4. The van der Waals surface area contributed by atoms with Crippen LogP contribution in [0, 0.1) is 60.2 Å². The smallest absolute Gasteiger partial charge is 0.173 e. The normalized spacial score (nSPS) is 18.1. The van der Waals surface area contributed by atoms with E-state index in [2.05, 4.69) is 28.7 Å². The van der Waals surface area contributed by atoms with Crippen LogP contribution in [0.15, 0.2) is 79.3 Å². The lowest BCUT2D eigenvalue weighted by Crippen LogP contribution is -2.19. The minimum Gasteiger partial charge on any atom is -0.298 e. The number of halogens is 1. The summed E-state index contributed by atoms with van der Waals surface area (Å²) in [6.45, 7) is 21.6. The monoisotopic (exact) mass is 676 g/mol. The van der Waals surface area contributed by atoms with Crippen molar-refractivity contribution in [3.8, 4) is 0 Å². The number of pyridine rings is 2. The van der Waals surface area contributed by atoms with Gasteiger partial charge >= 0.3 is 0 Å². The van der Waals surface area contributed by atoms with Crippen molar-refractivity contribution in [3.05, 3.63) is 141 Å². The summed E-state index contributed by atoms with van der Waals surface area (Å²) in [6, 6.07) is 15.0. The summed E-state index contributed by atoms with van der Waals surface area (Å²) in [5, 5.41) is 0. The minimum atomic E-state index is -0.608. The molecule has 6 rings (SSSR count). The molecule has 0 saturated heterocycles. The third kappa shape index (κ3) is 9.62. The second-order valence-electron chi connectivity index (χ2n) is 13.1. The first-order valence-electron chi connectivity index (χ1n) is 17.1. The van der Waals surface area contributed by atoms with Crippen LogP contribution in [-0.4, -0.2) is 33.1 Å². The Morgan fingerprint density at radius 2 is 1.26 bits per heavy atom. The van der Waals surface area contributed by atoms with E-state index >= 15 is 0 Å². The van der Waals surface area contributed by atoms with Gasteiger partial charge in [0.15, 0.2) is 17.3 Å². The van der Waals surface area contributed by atoms with Crippen molar-refractivity contribution >= 4 is 23.1 Å². The second kappa shape index (κ2) is 17.7. The Morgan fingerprint density at radius 1 is 0.720 bits per heavy atom. The van der Waals surface area contributed by atoms with E-state index in [4.69, 9.17) is 0 Å². The molecule has 2 aliphatic carbocycles. The van der Waals surface area contributed by atoms with Gasteiger partial charge in [0.1, 0.15) is 23.4 Å². The van der Waals surface area contributed by atoms with Gasteiger partial charge in [-0.2, -0.15) is 0 Å². The highest BCUT2D eigenvalue weighted by Crippen LogP contribution is 2.38. The van der Waals surface area contributed by atoms with Gasteiger partial charge in [-0.15, -0.1) is 0 Å². The predicted octanol–water partition coefficient (Wildman–Crippen LogP) is 8.84. The summed E-state index contributed by atoms with van der Waals surface area (Å²) in [7, 11) is 0. The maximum atomic E-state index is 12.9. The molecule has 0 bridgehead atoms. The first-order chi connectivity index (χ1) is 23.7. The summed E-state index contributed by atoms with van der Waals surface area (Å²) in [6.07, 6.45) is 5.54. The molecule has 2 fully saturated rings. The van der Waals surface area contributed by atoms with Crippen molar-refractivity contribution < 1.29 is 23.6 Å². The zero-order chi connectivity index (χ0) is 37.3. The summed E-state index contributed by atoms with van der Waals surface area (Å²) in [5.74, 6) is -1.77. The fourth-order valence-electron chi connectivity index (χ4n) is 6.97. The molecule has 2 aromatic carbocycles. The number of aryl methyl sites for hydroxylation is 7. The van der Waals surface area contributed by atoms with Crippen molar-refractivity contribution in [2.75, 3.05) is 0 Å². The van der Waals surface area contributed by atoms with Gasteiger partial charge in [0.05, 0.1) is 6.20 Å². The number of hydrogen-bond acceptors (Lipinski definition) is 6. The molecule has 4 aromatic rings. The van der Waals surface area contributed by atoms with Crippen molar-refractivity contribution in [2.45, 2.75) is 93.4 Å². The standard InChI is InChI=1S/C21H23NO2.C15H16O2.C5H4FN.C2H6/c1-12-5-6-22-17(9-12)10-16-11-18(23)20(21(16)24)19-14(3)7-13(2)8-15(19)4;1-8-5-9(2)13(10(3)6-8)14-12(16)7-11(4)15(14)17;6-5-2-1-3-7-4-5;1-2/h5-9,16,20H,10-11H2,1-4H3;5-6,14H,4,7H2,1-3H3;1-4H;1-2H3. The van der Waals surface area contributed by atoms with Crippen LogP contribution in [-0.2, 0) is 25.6 Å². The molecule has 2 aromatic heterocycles. The quantitative estimate of drug-likeness (QED) is 0.158. The van der Waals surface area contributed by atoms with Gasteiger partial charge in [0.25, 0.3) is 0 Å². The zero-order valence-corrected chi connectivity index (χ0v) is 30.8. The van der Waals surface area contributed by atoms with E-state index < -0.39 is 11.8 Å². The Morgan fingerprint density at radius 3 is 1.68 bits per heavy atom. The van der Waals surface area contributed by atoms with Gasteiger partial charge in [0, 0.05) is 36.8 Å². The fourth-order valence-corrected chi connectivity index (χ4v) is 6.97. The molecule has 0 radical (unpaired) electrons. The van der Waals surface area contributed by atoms with Gasteiger partial charge in [0.2, 0.25) is 0 Å². The van der Waals surface area contributed by atoms with Crippen molar-refractivity contribution in [2.24, 2.45) is 5.92 Å². The van der Waals surface area contributed by atoms with Gasteiger partial charge in [-0.05, 0) is 124 Å². The van der Waals surface area contributed by atoms with Gasteiger partial charge < -0.3 is 0 Å². The zero-order valence-electron chi connectivity index (χ0n) is 30.8. The average Bonchev–Trinajstić information content (AvgIpc) is 3.45. The molecule has 7 heteroatoms. The Hall–Kier alpha value is -4.91. The topological polar surface area (TPSA) is 94.1 Å². The number of nitrogens with zero attached hydrogens (tertiary/aromatic N) is 2. The number of Topliss-reactive ketones (excluding diaryl/α,β-unsaturated/α-hetero) is 4. The van der Waals surface area contributed by atoms with Crippen LogP contribution in [0.3, 0.4) is 0 Å². The molecular weight excluding hydrogens is 627 g/mol. The molecule has 2 heterocycles. The van der Waals surface area contributed by atoms with Crippen LogP contribution >= 0.6 is 0 Å². The summed E-state index contributed by atoms with van der Waals surface area (Å²) >= 11 is 0. The average molecular weight is 677 g/mol. The van der Waals surface area contributed by atoms with Crippen LogP contribution < -0.4 is 0 Å². The Bertz CT molecular complexity index is 1850. The fraction of sp³-hybridized carbons (Fsp3) is 0.349. The van der Waals surface area contributed by atoms with Gasteiger partial charge in [-0.3, -0.25) is 29.1 Å². The van der Waals surface area contributed by atoms with E-state index in [0.29, 0.717) is 18.4 Å². The number of rotatable bonds is 4. The highest BCUT2D eigenvalue weighted by Gasteiger charge is 2.43. The molecular formula is C43H49FN2O4. The van der Waals surface area contributed by atoms with E-state index in [9.17, 15) is 23.6 Å². The third-order valence-electron chi connectivity index (χ3n) is 8.88. The molecule has 2 saturated carbocycles. The van der Waals surface area contributed by atoms with Gasteiger partial charge in [-0.25, -0.2) is 4.39 Å². The highest BCUT2D eigenvalue weighted by atomic mass is 19.1. The number of benzene rings is 2. The van der Waals surface area contributed by atoms with Crippen molar-refractivity contribution in [1.29, 1.82) is 0 Å². The molecule has 0 spiro atoms. The SMILES string of the molecule is C=C1CC(=O)C(c2c(C)cc(C)cc2C)C1=O.CC.Cc1ccnc(CC2CC(=O)C(c3c(C)cc(C)cc3C)C2=O)c1.Fc1cccnc1. The van der Waals surface area contributed by atoms with Crippen LogP contribution in [0.4, 0.5) is 4.39 Å². The molecule has 0 amide bonds. The molecule has 50 heavy (non-hydrogen) atoms. The Kier molecular flexibility index (Phi) is 14.0. The van der Waals surface area contributed by atoms with Crippen LogP contribution in [0.5, 0.6) is 0 Å². The van der Waals surface area contributed by atoms with E-state index in [-0.39, 0.29) is 41.3 Å². The summed E-state index contributed by atoms with van der Waals surface area (Å²) in [4.78, 5) is 57.3. The van der Waals surface area contributed by atoms with Gasteiger partial charge in [-0.1, -0.05) is 55.8 Å². The molecule has 0 N–H and O–H groups in total. The third-order valence-corrected chi connectivity index (χ3v) is 8.88. The maximum Gasteiger partial charge on any atom is 0.173 e. The number of carbonyl (C=O) groups is 4. The van der Waals surface area contributed by atoms with E-state index in [1.807, 2.05) is 86.6 Å². The van der Waals surface area contributed by atoms with Crippen LogP contribution in [0.1, 0.15) is 94.3 Å². The number of aromatic nitrogens is 2. The molecule has 6 nitrogen and oxygen atoms in total. The molecule has 3 atom stereocenters. The van der Waals surface area contributed by atoms with E-state index in [1.54, 1.807) is 12.3 Å². The number of hydrogen-bond donors (Lipinski definition) is 0. The van der Waals surface area contributed by atoms with Crippen molar-refractivity contribution in [3.63, 3.8) is 0 Å². The van der Waals surface area contributed by atoms with E-state index in [0.717, 1.165) is 55.8 Å². The summed E-state index contributed by atoms with van der Waals surface area (Å²) < 4.78 is 11.8. The highest BCUT2D eigenvalue weighted by molar-refractivity contribution is 6.22. The minimum absolute atomic E-state index is 0.0185. The number of ketones is 4. The maximum absolute atomic E-state index is 12.9. The lowest BCUT2D eigenvalue weighted by atomic mass is 9.86. The van der Waals surface area contributed by atoms with Crippen molar-refractivity contribution in [1.82, 2.24) is 9.97 Å². The Balaban J connectivity index is 0.000000225.